The van der Waals surface area contributed by atoms with Crippen molar-refractivity contribution in [2.75, 3.05) is 12.4 Å². The predicted molar refractivity (Wildman–Crippen MR) is 107 cm³/mol. The highest BCUT2D eigenvalue weighted by molar-refractivity contribution is 5.90. The van der Waals surface area contributed by atoms with Crippen molar-refractivity contribution < 1.29 is 13.9 Å². The average molecular weight is 393 g/mol. The first-order valence-electron chi connectivity index (χ1n) is 9.17. The number of benzene rings is 2. The number of hydrogen-bond acceptors (Lipinski definition) is 4. The summed E-state index contributed by atoms with van der Waals surface area (Å²) in [6.07, 6.45) is 5.38. The number of hydrogen-bond donors (Lipinski definition) is 1. The molecule has 7 nitrogen and oxygen atoms in total. The number of nitrogens with zero attached hydrogens (tertiary/aromatic N) is 4. The second-order valence-electron chi connectivity index (χ2n) is 6.64. The molecule has 2 aromatic carbocycles. The van der Waals surface area contributed by atoms with E-state index in [2.05, 4.69) is 15.5 Å². The average Bonchev–Trinajstić information content (AvgIpc) is 3.34. The molecule has 0 fully saturated rings. The van der Waals surface area contributed by atoms with Gasteiger partial charge in [0.25, 0.3) is 0 Å². The fourth-order valence-corrected chi connectivity index (χ4v) is 3.09. The molecule has 0 bridgehead atoms. The highest BCUT2D eigenvalue weighted by Crippen LogP contribution is 2.20. The Morgan fingerprint density at radius 2 is 1.97 bits per heavy atom. The Morgan fingerprint density at radius 1 is 1.14 bits per heavy atom. The molecule has 2 heterocycles. The van der Waals surface area contributed by atoms with Crippen LogP contribution in [0.5, 0.6) is 5.75 Å². The summed E-state index contributed by atoms with van der Waals surface area (Å²) in [6.45, 7) is 0.963. The Kier molecular flexibility index (Phi) is 5.24. The Hall–Kier alpha value is -3.68. The number of carbonyl (C=O) groups excluding carboxylic acids is 1. The van der Waals surface area contributed by atoms with Crippen LogP contribution in [0.15, 0.2) is 61.1 Å². The van der Waals surface area contributed by atoms with Crippen molar-refractivity contribution in [1.29, 1.82) is 0 Å². The number of rotatable bonds is 7. The summed E-state index contributed by atoms with van der Waals surface area (Å²) in [6, 6.07) is 12.0. The van der Waals surface area contributed by atoms with Gasteiger partial charge in [-0.3, -0.25) is 14.2 Å². The first-order valence-corrected chi connectivity index (χ1v) is 9.17. The summed E-state index contributed by atoms with van der Waals surface area (Å²) in [5.74, 6) is 0.377. The number of carbonyl (C=O) groups is 1. The van der Waals surface area contributed by atoms with E-state index in [1.165, 1.54) is 12.1 Å². The minimum Gasteiger partial charge on any atom is -0.497 e. The number of ether oxygens (including phenoxy) is 1. The van der Waals surface area contributed by atoms with Crippen LogP contribution < -0.4 is 10.1 Å². The van der Waals surface area contributed by atoms with Crippen molar-refractivity contribution >= 4 is 22.5 Å². The van der Waals surface area contributed by atoms with Crippen LogP contribution in [0.2, 0.25) is 0 Å². The van der Waals surface area contributed by atoms with E-state index in [9.17, 15) is 9.18 Å². The number of nitrogens with one attached hydrogen (secondary N) is 1. The van der Waals surface area contributed by atoms with Crippen molar-refractivity contribution in [2.24, 2.45) is 0 Å². The molecule has 0 saturated carbocycles. The summed E-state index contributed by atoms with van der Waals surface area (Å²) in [4.78, 5) is 12.3. The Labute approximate surface area is 166 Å². The summed E-state index contributed by atoms with van der Waals surface area (Å²) >= 11 is 0. The van der Waals surface area contributed by atoms with Crippen molar-refractivity contribution in [3.63, 3.8) is 0 Å². The van der Waals surface area contributed by atoms with Crippen molar-refractivity contribution in [3.8, 4) is 5.75 Å². The Bertz CT molecular complexity index is 1130. The predicted octanol–water partition coefficient (Wildman–Crippen LogP) is 3.46. The molecule has 29 heavy (non-hydrogen) atoms. The maximum atomic E-state index is 13.0. The van der Waals surface area contributed by atoms with Gasteiger partial charge in [0.05, 0.1) is 43.8 Å². The van der Waals surface area contributed by atoms with Crippen LogP contribution in [0.25, 0.3) is 10.9 Å². The molecule has 148 valence electrons. The van der Waals surface area contributed by atoms with Gasteiger partial charge in [0, 0.05) is 18.0 Å². The molecule has 1 amide bonds. The third-order valence-corrected chi connectivity index (χ3v) is 4.57. The van der Waals surface area contributed by atoms with E-state index < -0.39 is 0 Å². The number of fused-ring (bicyclic) bond motifs is 1. The Morgan fingerprint density at radius 3 is 2.76 bits per heavy atom. The first-order chi connectivity index (χ1) is 14.1. The second-order valence-corrected chi connectivity index (χ2v) is 6.64. The fraction of sp³-hybridized carbons (Fsp3) is 0.190. The SMILES string of the molecule is COc1ccc2c(cnn2CCC(=O)Nc2cnn(Cc3ccc(F)cc3)c2)c1. The van der Waals surface area contributed by atoms with E-state index in [-0.39, 0.29) is 18.1 Å². The Balaban J connectivity index is 1.33. The molecule has 8 heteroatoms. The lowest BCUT2D eigenvalue weighted by Gasteiger charge is -2.05. The fourth-order valence-electron chi connectivity index (χ4n) is 3.09. The van der Waals surface area contributed by atoms with Gasteiger partial charge in [-0.15, -0.1) is 0 Å². The molecular formula is C21H20FN5O2. The number of halogens is 1. The number of aryl methyl sites for hydroxylation is 1. The van der Waals surface area contributed by atoms with E-state index in [1.54, 1.807) is 47.2 Å². The number of anilines is 1. The standard InChI is InChI=1S/C21H20FN5O2/c1-29-19-6-7-20-16(10-19)11-24-27(20)9-8-21(28)25-18-12-23-26(14-18)13-15-2-4-17(22)5-3-15/h2-7,10-12,14H,8-9,13H2,1H3,(H,25,28). The molecule has 0 spiro atoms. The van der Waals surface area contributed by atoms with Gasteiger partial charge in [-0.1, -0.05) is 12.1 Å². The normalized spacial score (nSPS) is 11.0. The quantitative estimate of drug-likeness (QED) is 0.522. The molecule has 0 atom stereocenters. The molecule has 0 unspecified atom stereocenters. The largest absolute Gasteiger partial charge is 0.497 e. The molecule has 1 N–H and O–H groups in total. The molecule has 0 radical (unpaired) electrons. The number of methoxy groups -OCH3 is 1. The van der Waals surface area contributed by atoms with Gasteiger partial charge >= 0.3 is 0 Å². The lowest BCUT2D eigenvalue weighted by Crippen LogP contribution is -2.14. The zero-order valence-corrected chi connectivity index (χ0v) is 15.9. The maximum Gasteiger partial charge on any atom is 0.226 e. The maximum absolute atomic E-state index is 13.0. The van der Waals surface area contributed by atoms with Gasteiger partial charge in [-0.25, -0.2) is 4.39 Å². The van der Waals surface area contributed by atoms with Gasteiger partial charge in [-0.05, 0) is 35.9 Å². The van der Waals surface area contributed by atoms with Crippen LogP contribution >= 0.6 is 0 Å². The number of aromatic nitrogens is 4. The molecule has 0 aliphatic carbocycles. The first kappa shape index (κ1) is 18.7. The minimum atomic E-state index is -0.272. The lowest BCUT2D eigenvalue weighted by molar-refractivity contribution is -0.116. The van der Waals surface area contributed by atoms with Crippen LogP contribution in [0, 0.1) is 5.82 Å². The van der Waals surface area contributed by atoms with Crippen molar-refractivity contribution in [1.82, 2.24) is 19.6 Å². The third kappa shape index (κ3) is 4.43. The van der Waals surface area contributed by atoms with Gasteiger partial charge in [0.1, 0.15) is 11.6 Å². The van der Waals surface area contributed by atoms with Gasteiger partial charge in [-0.2, -0.15) is 10.2 Å². The molecule has 0 aliphatic rings. The van der Waals surface area contributed by atoms with Gasteiger partial charge in [0.15, 0.2) is 0 Å². The summed E-state index contributed by atoms with van der Waals surface area (Å²) in [5.41, 5.74) is 2.49. The second kappa shape index (κ2) is 8.14. The van der Waals surface area contributed by atoms with Crippen LogP contribution in [0.1, 0.15) is 12.0 Å². The molecule has 0 saturated heterocycles. The topological polar surface area (TPSA) is 74.0 Å². The lowest BCUT2D eigenvalue weighted by atomic mass is 10.2. The summed E-state index contributed by atoms with van der Waals surface area (Å²) in [5, 5.41) is 12.4. The third-order valence-electron chi connectivity index (χ3n) is 4.57. The van der Waals surface area contributed by atoms with E-state index in [0.717, 1.165) is 22.2 Å². The smallest absolute Gasteiger partial charge is 0.226 e. The van der Waals surface area contributed by atoms with Crippen LogP contribution in [0.3, 0.4) is 0 Å². The van der Waals surface area contributed by atoms with Crippen LogP contribution in [-0.2, 0) is 17.9 Å². The molecule has 0 aliphatic heterocycles. The monoisotopic (exact) mass is 393 g/mol. The van der Waals surface area contributed by atoms with E-state index in [4.69, 9.17) is 4.74 Å². The van der Waals surface area contributed by atoms with E-state index in [0.29, 0.717) is 18.8 Å². The van der Waals surface area contributed by atoms with Crippen molar-refractivity contribution in [2.45, 2.75) is 19.5 Å². The van der Waals surface area contributed by atoms with E-state index in [1.807, 2.05) is 18.2 Å². The summed E-state index contributed by atoms with van der Waals surface area (Å²) < 4.78 is 21.7. The van der Waals surface area contributed by atoms with Gasteiger partial charge < -0.3 is 10.1 Å². The van der Waals surface area contributed by atoms with Crippen LogP contribution in [0.4, 0.5) is 10.1 Å². The molecular weight excluding hydrogens is 373 g/mol. The zero-order chi connectivity index (χ0) is 20.2. The molecule has 4 rings (SSSR count). The highest BCUT2D eigenvalue weighted by Gasteiger charge is 2.09. The minimum absolute atomic E-state index is 0.122. The van der Waals surface area contributed by atoms with E-state index >= 15 is 0 Å². The van der Waals surface area contributed by atoms with Gasteiger partial charge in [0.2, 0.25) is 5.91 Å². The number of amides is 1. The molecule has 4 aromatic rings. The molecule has 2 aromatic heterocycles. The highest BCUT2D eigenvalue weighted by atomic mass is 19.1. The zero-order valence-electron chi connectivity index (χ0n) is 15.9. The van der Waals surface area contributed by atoms with Crippen molar-refractivity contribution in [3.05, 3.63) is 72.4 Å². The van der Waals surface area contributed by atoms with Crippen LogP contribution in [-0.4, -0.2) is 32.6 Å². The summed E-state index contributed by atoms with van der Waals surface area (Å²) in [7, 11) is 1.62.